The van der Waals surface area contributed by atoms with Crippen molar-refractivity contribution in [1.29, 1.82) is 0 Å². The zero-order chi connectivity index (χ0) is 18.7. The molecular weight excluding hydrogens is 342 g/mol. The van der Waals surface area contributed by atoms with E-state index in [-0.39, 0.29) is 36.4 Å². The number of hydrogen-bond donors (Lipinski definition) is 1. The summed E-state index contributed by atoms with van der Waals surface area (Å²) in [5, 5.41) is 2.85. The number of halogens is 2. The second kappa shape index (κ2) is 7.83. The Kier molecular flexibility index (Phi) is 5.52. The zero-order valence-electron chi connectivity index (χ0n) is 14.2. The molecule has 26 heavy (non-hydrogen) atoms. The lowest BCUT2D eigenvalue weighted by Crippen LogP contribution is -2.44. The molecule has 2 heterocycles. The van der Waals surface area contributed by atoms with Crippen molar-refractivity contribution in [3.63, 3.8) is 0 Å². The normalized spacial score (nSPS) is 22.1. The molecular formula is C19H20F2N2O3. The lowest BCUT2D eigenvalue weighted by atomic mass is 9.91. The summed E-state index contributed by atoms with van der Waals surface area (Å²) in [6, 6.07) is 2.84. The number of benzene rings is 1. The molecule has 0 aromatic heterocycles. The molecule has 0 spiro atoms. The highest BCUT2D eigenvalue weighted by atomic mass is 19.2. The van der Waals surface area contributed by atoms with E-state index >= 15 is 0 Å². The third kappa shape index (κ3) is 3.86. The topological polar surface area (TPSA) is 58.6 Å². The molecule has 2 atom stereocenters. The number of rotatable bonds is 4. The van der Waals surface area contributed by atoms with Crippen LogP contribution in [0.5, 0.6) is 0 Å². The van der Waals surface area contributed by atoms with Crippen molar-refractivity contribution in [2.75, 3.05) is 24.7 Å². The number of amides is 2. The fraction of sp³-hybridized carbons (Fsp3) is 0.474. The minimum Gasteiger partial charge on any atom is -0.381 e. The molecule has 2 fully saturated rings. The van der Waals surface area contributed by atoms with Gasteiger partial charge >= 0.3 is 0 Å². The third-order valence-electron chi connectivity index (χ3n) is 4.93. The molecule has 3 rings (SSSR count). The van der Waals surface area contributed by atoms with Gasteiger partial charge in [0.25, 0.3) is 0 Å². The summed E-state index contributed by atoms with van der Waals surface area (Å²) < 4.78 is 31.8. The molecule has 0 radical (unpaired) electrons. The molecule has 0 bridgehead atoms. The predicted octanol–water partition coefficient (Wildman–Crippen LogP) is 1.86. The second-order valence-corrected chi connectivity index (χ2v) is 6.61. The van der Waals surface area contributed by atoms with Gasteiger partial charge in [-0.15, -0.1) is 6.42 Å². The van der Waals surface area contributed by atoms with Gasteiger partial charge in [-0.25, -0.2) is 8.78 Å². The molecule has 2 saturated heterocycles. The maximum atomic E-state index is 13.4. The Morgan fingerprint density at radius 2 is 2.04 bits per heavy atom. The van der Waals surface area contributed by atoms with Gasteiger partial charge in [0.05, 0.1) is 12.0 Å². The summed E-state index contributed by atoms with van der Waals surface area (Å²) in [4.78, 5) is 26.1. The first-order chi connectivity index (χ1) is 12.5. The van der Waals surface area contributed by atoms with Gasteiger partial charge < -0.3 is 15.0 Å². The van der Waals surface area contributed by atoms with Gasteiger partial charge in [0.1, 0.15) is 0 Å². The summed E-state index contributed by atoms with van der Waals surface area (Å²) in [5.41, 5.74) is 0.238. The van der Waals surface area contributed by atoms with Crippen molar-refractivity contribution >= 4 is 17.5 Å². The minimum atomic E-state index is -1.03. The molecule has 0 aliphatic carbocycles. The van der Waals surface area contributed by atoms with Crippen LogP contribution in [0.15, 0.2) is 18.2 Å². The monoisotopic (exact) mass is 362 g/mol. The Labute approximate surface area is 150 Å². The molecule has 2 aliphatic heterocycles. The number of anilines is 1. The first kappa shape index (κ1) is 18.3. The number of carbonyl (C=O) groups is 2. The van der Waals surface area contributed by atoms with Crippen LogP contribution in [0.1, 0.15) is 19.3 Å². The quantitative estimate of drug-likeness (QED) is 0.832. The minimum absolute atomic E-state index is 0.00982. The average molecular weight is 362 g/mol. The number of carbonyl (C=O) groups excluding carboxylic acids is 2. The fourth-order valence-corrected chi connectivity index (χ4v) is 3.40. The number of terminal acetylenes is 1. The van der Waals surface area contributed by atoms with Crippen molar-refractivity contribution in [3.05, 3.63) is 29.8 Å². The van der Waals surface area contributed by atoms with E-state index < -0.39 is 23.6 Å². The highest BCUT2D eigenvalue weighted by molar-refractivity contribution is 6.00. The summed E-state index contributed by atoms with van der Waals surface area (Å²) in [6.07, 6.45) is 7.13. The Morgan fingerprint density at radius 3 is 2.69 bits per heavy atom. The average Bonchev–Trinajstić information content (AvgIpc) is 3.04. The van der Waals surface area contributed by atoms with E-state index in [1.807, 2.05) is 0 Å². The highest BCUT2D eigenvalue weighted by Crippen LogP contribution is 2.27. The first-order valence-electron chi connectivity index (χ1n) is 8.59. The van der Waals surface area contributed by atoms with E-state index in [0.29, 0.717) is 13.2 Å². The van der Waals surface area contributed by atoms with Gasteiger partial charge in [-0.1, -0.05) is 5.92 Å². The van der Waals surface area contributed by atoms with Crippen molar-refractivity contribution in [3.8, 4) is 12.3 Å². The Hall–Kier alpha value is -2.46. The second-order valence-electron chi connectivity index (χ2n) is 6.61. The lowest BCUT2D eigenvalue weighted by Gasteiger charge is -2.28. The molecule has 7 heteroatoms. The van der Waals surface area contributed by atoms with Crippen LogP contribution < -0.4 is 10.2 Å². The molecule has 138 valence electrons. The van der Waals surface area contributed by atoms with E-state index in [4.69, 9.17) is 11.2 Å². The molecule has 1 N–H and O–H groups in total. The van der Waals surface area contributed by atoms with Crippen LogP contribution in [0.3, 0.4) is 0 Å². The van der Waals surface area contributed by atoms with E-state index in [1.54, 1.807) is 0 Å². The molecule has 2 aliphatic rings. The number of ether oxygens (including phenoxy) is 1. The third-order valence-corrected chi connectivity index (χ3v) is 4.93. The Balaban J connectivity index is 1.64. The van der Waals surface area contributed by atoms with Gasteiger partial charge in [0.2, 0.25) is 11.8 Å². The SMILES string of the molecule is C#CC(NC(=O)C1CC(=O)N(c2ccc(F)c(F)c2)C1)C1CCOCC1. The van der Waals surface area contributed by atoms with Crippen LogP contribution in [0, 0.1) is 35.8 Å². The van der Waals surface area contributed by atoms with Crippen LogP contribution in [0.2, 0.25) is 0 Å². The van der Waals surface area contributed by atoms with Crippen LogP contribution in [0.4, 0.5) is 14.5 Å². The highest BCUT2D eigenvalue weighted by Gasteiger charge is 2.36. The summed E-state index contributed by atoms with van der Waals surface area (Å²) in [6.45, 7) is 1.34. The smallest absolute Gasteiger partial charge is 0.227 e. The van der Waals surface area contributed by atoms with Gasteiger partial charge in [0.15, 0.2) is 11.6 Å². The van der Waals surface area contributed by atoms with E-state index in [2.05, 4.69) is 11.2 Å². The lowest BCUT2D eigenvalue weighted by molar-refractivity contribution is -0.127. The summed E-state index contributed by atoms with van der Waals surface area (Å²) in [5.74, 6) is -0.426. The van der Waals surface area contributed by atoms with Crippen molar-refractivity contribution in [2.45, 2.75) is 25.3 Å². The van der Waals surface area contributed by atoms with Gasteiger partial charge in [-0.05, 0) is 30.9 Å². The number of nitrogens with zero attached hydrogens (tertiary/aromatic N) is 1. The molecule has 5 nitrogen and oxygen atoms in total. The van der Waals surface area contributed by atoms with Crippen molar-refractivity contribution in [2.24, 2.45) is 11.8 Å². The van der Waals surface area contributed by atoms with Crippen LogP contribution in [-0.2, 0) is 14.3 Å². The standard InChI is InChI=1S/C19H20F2N2O3/c1-2-17(12-5-7-26-8-6-12)22-19(25)13-9-18(24)23(11-13)14-3-4-15(20)16(21)10-14/h1,3-4,10,12-13,17H,5-9,11H2,(H,22,25). The van der Waals surface area contributed by atoms with E-state index in [1.165, 1.54) is 11.0 Å². The van der Waals surface area contributed by atoms with Crippen molar-refractivity contribution < 1.29 is 23.1 Å². The van der Waals surface area contributed by atoms with Gasteiger partial charge in [-0.3, -0.25) is 9.59 Å². The molecule has 2 unspecified atom stereocenters. The van der Waals surface area contributed by atoms with Gasteiger partial charge in [0, 0.05) is 37.9 Å². The zero-order valence-corrected chi connectivity index (χ0v) is 14.2. The molecule has 1 aromatic carbocycles. The van der Waals surface area contributed by atoms with E-state index in [9.17, 15) is 18.4 Å². The van der Waals surface area contributed by atoms with Crippen LogP contribution >= 0.6 is 0 Å². The van der Waals surface area contributed by atoms with E-state index in [0.717, 1.165) is 25.0 Å². The maximum Gasteiger partial charge on any atom is 0.227 e. The van der Waals surface area contributed by atoms with Gasteiger partial charge in [-0.2, -0.15) is 0 Å². The maximum absolute atomic E-state index is 13.4. The molecule has 2 amide bonds. The molecule has 1 aromatic rings. The Bertz CT molecular complexity index is 741. The summed E-state index contributed by atoms with van der Waals surface area (Å²) in [7, 11) is 0. The number of hydrogen-bond acceptors (Lipinski definition) is 3. The first-order valence-corrected chi connectivity index (χ1v) is 8.59. The predicted molar refractivity (Wildman–Crippen MR) is 91.1 cm³/mol. The molecule has 0 saturated carbocycles. The van der Waals surface area contributed by atoms with Crippen molar-refractivity contribution in [1.82, 2.24) is 5.32 Å². The van der Waals surface area contributed by atoms with Crippen LogP contribution in [0.25, 0.3) is 0 Å². The number of nitrogens with one attached hydrogen (secondary N) is 1. The largest absolute Gasteiger partial charge is 0.381 e. The fourth-order valence-electron chi connectivity index (χ4n) is 3.40. The summed E-state index contributed by atoms with van der Waals surface area (Å²) >= 11 is 0. The Morgan fingerprint density at radius 1 is 1.31 bits per heavy atom. The van der Waals surface area contributed by atoms with Crippen LogP contribution in [-0.4, -0.2) is 37.6 Å².